The summed E-state index contributed by atoms with van der Waals surface area (Å²) in [5.41, 5.74) is 2.56. The SMILES string of the molecule is CCCc1cc(CNCC(C)C)cc(N(C)CCSC)n1. The van der Waals surface area contributed by atoms with Gasteiger partial charge in [-0.1, -0.05) is 27.2 Å². The molecule has 1 rings (SSSR count). The Hall–Kier alpha value is -0.740. The Morgan fingerprint density at radius 1 is 1.33 bits per heavy atom. The summed E-state index contributed by atoms with van der Waals surface area (Å²) in [6.45, 7) is 9.72. The fourth-order valence-electron chi connectivity index (χ4n) is 2.16. The van der Waals surface area contributed by atoms with Crippen LogP contribution in [0.5, 0.6) is 0 Å². The Balaban J connectivity index is 2.78. The zero-order valence-electron chi connectivity index (χ0n) is 14.3. The molecule has 0 spiro atoms. The molecule has 0 amide bonds. The molecule has 0 radical (unpaired) electrons. The van der Waals surface area contributed by atoms with E-state index in [1.807, 2.05) is 11.8 Å². The van der Waals surface area contributed by atoms with Gasteiger partial charge in [0.25, 0.3) is 0 Å². The summed E-state index contributed by atoms with van der Waals surface area (Å²) in [5.74, 6) is 2.93. The lowest BCUT2D eigenvalue weighted by Crippen LogP contribution is -2.23. The molecule has 3 nitrogen and oxygen atoms in total. The van der Waals surface area contributed by atoms with Crippen LogP contribution in [0.25, 0.3) is 0 Å². The predicted molar refractivity (Wildman–Crippen MR) is 96.4 cm³/mol. The zero-order chi connectivity index (χ0) is 15.7. The van der Waals surface area contributed by atoms with E-state index in [-0.39, 0.29) is 0 Å². The molecule has 1 N–H and O–H groups in total. The average molecular weight is 310 g/mol. The third-order valence-corrected chi connectivity index (χ3v) is 3.93. The maximum atomic E-state index is 4.81. The average Bonchev–Trinajstić information content (AvgIpc) is 2.44. The van der Waals surface area contributed by atoms with E-state index in [0.717, 1.165) is 44.0 Å². The van der Waals surface area contributed by atoms with Crippen molar-refractivity contribution in [2.45, 2.75) is 40.2 Å². The highest BCUT2D eigenvalue weighted by Crippen LogP contribution is 2.16. The lowest BCUT2D eigenvalue weighted by Gasteiger charge is -2.20. The van der Waals surface area contributed by atoms with Crippen LogP contribution in [0.2, 0.25) is 0 Å². The molecule has 0 saturated heterocycles. The largest absolute Gasteiger partial charge is 0.359 e. The van der Waals surface area contributed by atoms with Crippen molar-refractivity contribution in [3.05, 3.63) is 23.4 Å². The van der Waals surface area contributed by atoms with Gasteiger partial charge in [-0.15, -0.1) is 0 Å². The van der Waals surface area contributed by atoms with E-state index in [9.17, 15) is 0 Å². The molecule has 1 aromatic rings. The second-order valence-corrected chi connectivity index (χ2v) is 7.00. The molecule has 120 valence electrons. The molecule has 0 saturated carbocycles. The monoisotopic (exact) mass is 309 g/mol. The van der Waals surface area contributed by atoms with Gasteiger partial charge in [-0.25, -0.2) is 4.98 Å². The van der Waals surface area contributed by atoms with Crippen molar-refractivity contribution in [1.29, 1.82) is 0 Å². The van der Waals surface area contributed by atoms with E-state index in [0.29, 0.717) is 5.92 Å². The van der Waals surface area contributed by atoms with Crippen LogP contribution in [0, 0.1) is 5.92 Å². The number of hydrogen-bond donors (Lipinski definition) is 1. The maximum absolute atomic E-state index is 4.81. The highest BCUT2D eigenvalue weighted by Gasteiger charge is 2.07. The van der Waals surface area contributed by atoms with Gasteiger partial charge < -0.3 is 10.2 Å². The number of rotatable bonds is 10. The van der Waals surface area contributed by atoms with Crippen LogP contribution in [0.4, 0.5) is 5.82 Å². The summed E-state index contributed by atoms with van der Waals surface area (Å²) in [6.07, 6.45) is 4.35. The van der Waals surface area contributed by atoms with E-state index >= 15 is 0 Å². The van der Waals surface area contributed by atoms with Crippen molar-refractivity contribution in [2.75, 3.05) is 37.0 Å². The Morgan fingerprint density at radius 3 is 2.71 bits per heavy atom. The highest BCUT2D eigenvalue weighted by atomic mass is 32.2. The molecular formula is C17H31N3S. The predicted octanol–water partition coefficient (Wildman–Crippen LogP) is 3.58. The van der Waals surface area contributed by atoms with E-state index in [4.69, 9.17) is 4.98 Å². The molecule has 0 atom stereocenters. The molecule has 0 bridgehead atoms. The van der Waals surface area contributed by atoms with E-state index in [2.05, 4.69) is 56.4 Å². The molecule has 21 heavy (non-hydrogen) atoms. The van der Waals surface area contributed by atoms with Gasteiger partial charge >= 0.3 is 0 Å². The fourth-order valence-corrected chi connectivity index (χ4v) is 2.62. The fraction of sp³-hybridized carbons (Fsp3) is 0.706. The maximum Gasteiger partial charge on any atom is 0.128 e. The lowest BCUT2D eigenvalue weighted by molar-refractivity contribution is 0.552. The first-order chi connectivity index (χ1) is 10.1. The second-order valence-electron chi connectivity index (χ2n) is 6.01. The third-order valence-electron chi connectivity index (χ3n) is 3.33. The summed E-state index contributed by atoms with van der Waals surface area (Å²) < 4.78 is 0. The van der Waals surface area contributed by atoms with Crippen LogP contribution in [0.3, 0.4) is 0 Å². The van der Waals surface area contributed by atoms with Crippen LogP contribution < -0.4 is 10.2 Å². The number of thioether (sulfide) groups is 1. The number of aromatic nitrogens is 1. The van der Waals surface area contributed by atoms with Crippen LogP contribution in [0.1, 0.15) is 38.4 Å². The first-order valence-electron chi connectivity index (χ1n) is 7.97. The first-order valence-corrected chi connectivity index (χ1v) is 9.36. The van der Waals surface area contributed by atoms with Crippen LogP contribution in [-0.2, 0) is 13.0 Å². The topological polar surface area (TPSA) is 28.2 Å². The smallest absolute Gasteiger partial charge is 0.128 e. The highest BCUT2D eigenvalue weighted by molar-refractivity contribution is 7.98. The Kier molecular flexibility index (Phi) is 8.77. The van der Waals surface area contributed by atoms with Crippen LogP contribution in [-0.4, -0.2) is 37.1 Å². The van der Waals surface area contributed by atoms with Gasteiger partial charge in [-0.05, 0) is 42.8 Å². The molecule has 0 fully saturated rings. The second kappa shape index (κ2) is 10.1. The molecule has 0 aliphatic carbocycles. The van der Waals surface area contributed by atoms with Gasteiger partial charge in [0, 0.05) is 31.6 Å². The van der Waals surface area contributed by atoms with E-state index in [1.54, 1.807) is 0 Å². The third kappa shape index (κ3) is 7.18. The van der Waals surface area contributed by atoms with Crippen molar-refractivity contribution in [3.63, 3.8) is 0 Å². The molecule has 1 aromatic heterocycles. The normalized spacial score (nSPS) is 11.1. The van der Waals surface area contributed by atoms with Gasteiger partial charge in [0.15, 0.2) is 0 Å². The summed E-state index contributed by atoms with van der Waals surface area (Å²) in [4.78, 5) is 7.07. The van der Waals surface area contributed by atoms with Gasteiger partial charge in [0.2, 0.25) is 0 Å². The van der Waals surface area contributed by atoms with Gasteiger partial charge in [0.05, 0.1) is 0 Å². The summed E-state index contributed by atoms with van der Waals surface area (Å²) in [7, 11) is 2.14. The minimum absolute atomic E-state index is 0.686. The minimum Gasteiger partial charge on any atom is -0.359 e. The van der Waals surface area contributed by atoms with Crippen LogP contribution in [0.15, 0.2) is 12.1 Å². The minimum atomic E-state index is 0.686. The molecule has 0 aromatic carbocycles. The summed E-state index contributed by atoms with van der Waals surface area (Å²) in [6, 6.07) is 4.48. The summed E-state index contributed by atoms with van der Waals surface area (Å²) >= 11 is 1.88. The number of nitrogens with zero attached hydrogens (tertiary/aromatic N) is 2. The number of anilines is 1. The molecule has 4 heteroatoms. The Labute approximate surface area is 134 Å². The van der Waals surface area contributed by atoms with Crippen molar-refractivity contribution >= 4 is 17.6 Å². The zero-order valence-corrected chi connectivity index (χ0v) is 15.1. The number of hydrogen-bond acceptors (Lipinski definition) is 4. The molecule has 1 heterocycles. The van der Waals surface area contributed by atoms with Crippen molar-refractivity contribution in [1.82, 2.24) is 10.3 Å². The Morgan fingerprint density at radius 2 is 2.10 bits per heavy atom. The van der Waals surface area contributed by atoms with E-state index in [1.165, 1.54) is 11.3 Å². The quantitative estimate of drug-likeness (QED) is 0.715. The van der Waals surface area contributed by atoms with Gasteiger partial charge in [-0.3, -0.25) is 0 Å². The molecule has 0 aliphatic rings. The van der Waals surface area contributed by atoms with Crippen molar-refractivity contribution in [2.24, 2.45) is 5.92 Å². The lowest BCUT2D eigenvalue weighted by atomic mass is 10.1. The molecule has 0 unspecified atom stereocenters. The van der Waals surface area contributed by atoms with E-state index < -0.39 is 0 Å². The number of nitrogens with one attached hydrogen (secondary N) is 1. The van der Waals surface area contributed by atoms with Gasteiger partial charge in [0.1, 0.15) is 5.82 Å². The van der Waals surface area contributed by atoms with Gasteiger partial charge in [-0.2, -0.15) is 11.8 Å². The first kappa shape index (κ1) is 18.3. The number of aryl methyl sites for hydroxylation is 1. The number of pyridine rings is 1. The molecular weight excluding hydrogens is 278 g/mol. The van der Waals surface area contributed by atoms with Crippen molar-refractivity contribution in [3.8, 4) is 0 Å². The molecule has 0 aliphatic heterocycles. The van der Waals surface area contributed by atoms with Crippen LogP contribution >= 0.6 is 11.8 Å². The summed E-state index contributed by atoms with van der Waals surface area (Å²) in [5, 5.41) is 3.53. The van der Waals surface area contributed by atoms with Crippen molar-refractivity contribution < 1.29 is 0 Å². The Bertz CT molecular complexity index is 407. The standard InChI is InChI=1S/C17H31N3S/c1-6-7-16-10-15(13-18-12-14(2)3)11-17(19-16)20(4)8-9-21-5/h10-11,14,18H,6-9,12-13H2,1-5H3.